The minimum atomic E-state index is -0.969. The zero-order valence-electron chi connectivity index (χ0n) is 19.1. The summed E-state index contributed by atoms with van der Waals surface area (Å²) in [5.41, 5.74) is -1.72. The molecule has 3 saturated heterocycles. The molecule has 0 radical (unpaired) electrons. The molecule has 2 aliphatic carbocycles. The van der Waals surface area contributed by atoms with Crippen LogP contribution in [-0.2, 0) is 39.1 Å². The number of carbonyl (C=O) groups is 2. The molecular formula is C24H30O8. The normalized spacial score (nSPS) is 52.5. The van der Waals surface area contributed by atoms with Gasteiger partial charge in [0.15, 0.2) is 5.79 Å². The van der Waals surface area contributed by atoms with Crippen LogP contribution in [0, 0.1) is 16.7 Å². The third kappa shape index (κ3) is 2.10. The minimum absolute atomic E-state index is 0.160. The summed E-state index contributed by atoms with van der Waals surface area (Å²) in [5.74, 6) is -1.48. The van der Waals surface area contributed by atoms with E-state index in [-0.39, 0.29) is 29.4 Å². The zero-order valence-corrected chi connectivity index (χ0v) is 19.1. The average molecular weight is 446 g/mol. The van der Waals surface area contributed by atoms with Crippen LogP contribution in [0.4, 0.5) is 0 Å². The van der Waals surface area contributed by atoms with Gasteiger partial charge in [0.1, 0.15) is 23.9 Å². The Kier molecular flexibility index (Phi) is 3.85. The number of rotatable bonds is 3. The highest BCUT2D eigenvalue weighted by Crippen LogP contribution is 2.80. The van der Waals surface area contributed by atoms with Gasteiger partial charge in [-0.2, -0.15) is 0 Å². The molecular weight excluding hydrogens is 416 g/mol. The first-order valence-corrected chi connectivity index (χ1v) is 11.4. The number of carbonyl (C=O) groups excluding carboxylic acids is 2. The summed E-state index contributed by atoms with van der Waals surface area (Å²) >= 11 is 0. The van der Waals surface area contributed by atoms with Crippen LogP contribution in [0.25, 0.3) is 0 Å². The van der Waals surface area contributed by atoms with Crippen molar-refractivity contribution < 1.29 is 37.7 Å². The van der Waals surface area contributed by atoms with E-state index in [1.54, 1.807) is 12.5 Å². The Bertz CT molecular complexity index is 990. The lowest BCUT2D eigenvalue weighted by atomic mass is 9.41. The molecule has 2 saturated carbocycles. The fraction of sp³-hybridized carbons (Fsp3) is 0.750. The van der Waals surface area contributed by atoms with Crippen LogP contribution in [0.1, 0.15) is 59.4 Å². The van der Waals surface area contributed by atoms with E-state index in [0.717, 1.165) is 5.56 Å². The Balaban J connectivity index is 1.57. The summed E-state index contributed by atoms with van der Waals surface area (Å²) in [6, 6.07) is 1.88. The van der Waals surface area contributed by atoms with Crippen LogP contribution in [0.5, 0.6) is 0 Å². The lowest BCUT2D eigenvalue weighted by Gasteiger charge is -2.67. The predicted octanol–water partition coefficient (Wildman–Crippen LogP) is 3.08. The molecule has 0 aromatic carbocycles. The van der Waals surface area contributed by atoms with E-state index in [2.05, 4.69) is 13.8 Å². The minimum Gasteiger partial charge on any atom is -0.472 e. The van der Waals surface area contributed by atoms with Gasteiger partial charge in [-0.3, -0.25) is 9.59 Å². The monoisotopic (exact) mass is 446 g/mol. The van der Waals surface area contributed by atoms with Gasteiger partial charge >= 0.3 is 11.9 Å². The largest absolute Gasteiger partial charge is 0.472 e. The maximum atomic E-state index is 12.2. The van der Waals surface area contributed by atoms with Crippen LogP contribution in [-0.4, -0.2) is 48.1 Å². The zero-order chi connectivity index (χ0) is 22.7. The third-order valence-electron chi connectivity index (χ3n) is 9.48. The molecule has 1 aromatic heterocycles. The molecule has 1 aromatic rings. The molecule has 1 unspecified atom stereocenters. The van der Waals surface area contributed by atoms with Gasteiger partial charge in [-0.05, 0) is 25.3 Å². The highest BCUT2D eigenvalue weighted by atomic mass is 16.7. The number of ether oxygens (including phenoxy) is 5. The molecule has 4 heterocycles. The van der Waals surface area contributed by atoms with E-state index >= 15 is 0 Å². The van der Waals surface area contributed by atoms with E-state index in [4.69, 9.17) is 28.1 Å². The summed E-state index contributed by atoms with van der Waals surface area (Å²) in [6.45, 7) is 9.63. The van der Waals surface area contributed by atoms with E-state index in [1.165, 1.54) is 13.8 Å². The Morgan fingerprint density at radius 1 is 1.16 bits per heavy atom. The molecule has 1 spiro atoms. The van der Waals surface area contributed by atoms with Crippen molar-refractivity contribution in [3.05, 3.63) is 24.2 Å². The second-order valence-electron chi connectivity index (χ2n) is 10.8. The quantitative estimate of drug-likeness (QED) is 0.516. The van der Waals surface area contributed by atoms with E-state index in [9.17, 15) is 9.59 Å². The second-order valence-corrected chi connectivity index (χ2v) is 10.8. The van der Waals surface area contributed by atoms with Crippen molar-refractivity contribution in [1.82, 2.24) is 0 Å². The summed E-state index contributed by atoms with van der Waals surface area (Å²) in [4.78, 5) is 24.2. The molecule has 9 atom stereocenters. The molecule has 32 heavy (non-hydrogen) atoms. The van der Waals surface area contributed by atoms with Crippen LogP contribution < -0.4 is 0 Å². The van der Waals surface area contributed by atoms with Gasteiger partial charge in [0.25, 0.3) is 0 Å². The predicted molar refractivity (Wildman–Crippen MR) is 108 cm³/mol. The summed E-state index contributed by atoms with van der Waals surface area (Å²) < 4.78 is 37.2. The Morgan fingerprint density at radius 3 is 2.56 bits per heavy atom. The third-order valence-corrected chi connectivity index (χ3v) is 9.48. The number of epoxide rings is 1. The fourth-order valence-corrected chi connectivity index (χ4v) is 7.92. The first-order chi connectivity index (χ1) is 15.0. The van der Waals surface area contributed by atoms with Crippen LogP contribution in [0.2, 0.25) is 0 Å². The lowest BCUT2D eigenvalue weighted by Crippen LogP contribution is -2.78. The van der Waals surface area contributed by atoms with Gasteiger partial charge in [-0.15, -0.1) is 0 Å². The molecule has 174 valence electrons. The molecule has 5 aliphatic rings. The topological polar surface area (TPSA) is 96.7 Å². The smallest absolute Gasteiger partial charge is 0.302 e. The summed E-state index contributed by atoms with van der Waals surface area (Å²) in [5, 5.41) is 0. The second kappa shape index (κ2) is 5.96. The van der Waals surface area contributed by atoms with Gasteiger partial charge in [0.2, 0.25) is 0 Å². The average Bonchev–Trinajstić information content (AvgIpc) is 3.07. The van der Waals surface area contributed by atoms with Crippen LogP contribution >= 0.6 is 0 Å². The number of furan rings is 1. The number of fused-ring (bicyclic) bond motifs is 2. The van der Waals surface area contributed by atoms with Crippen molar-refractivity contribution >= 4 is 11.9 Å². The molecule has 8 heteroatoms. The van der Waals surface area contributed by atoms with Crippen molar-refractivity contribution in [1.29, 1.82) is 0 Å². The number of esters is 2. The van der Waals surface area contributed by atoms with Gasteiger partial charge in [-0.25, -0.2) is 0 Å². The molecule has 0 N–H and O–H groups in total. The number of hydrogen-bond donors (Lipinski definition) is 0. The maximum Gasteiger partial charge on any atom is 0.302 e. The Labute approximate surface area is 186 Å². The SMILES string of the molecule is CC(=O)O[C@H]1CC23O[C@]4(c5ccoc5)C[C@]2(C)[C@@H](C)C[C@@H](OC(C)=O)[C@@]3(CO4)[C@@]2(C)O[C@@H]12. The first kappa shape index (κ1) is 20.7. The van der Waals surface area contributed by atoms with Crippen molar-refractivity contribution in [3.63, 3.8) is 0 Å². The lowest BCUT2D eigenvalue weighted by molar-refractivity contribution is -0.396. The van der Waals surface area contributed by atoms with Crippen LogP contribution in [0.3, 0.4) is 0 Å². The maximum absolute atomic E-state index is 12.2. The number of hydrogen-bond acceptors (Lipinski definition) is 8. The van der Waals surface area contributed by atoms with Crippen molar-refractivity contribution in [2.24, 2.45) is 16.7 Å². The molecule has 8 nitrogen and oxygen atoms in total. The molecule has 6 rings (SSSR count). The van der Waals surface area contributed by atoms with Crippen molar-refractivity contribution in [2.75, 3.05) is 6.61 Å². The standard InChI is InChI=1S/C24H30O8/c1-13-8-18(30-15(3)26)22-12-28-23(16-6-7-27-10-16)11-20(13,4)24(22,32-23)9-17(29-14(2)25)19-21(22,5)31-19/h6-7,10,13,17-19H,8-9,11-12H2,1-5H3/t13-,17-,18+,19-,20+,21-,22-,23-,24?/m0/s1. The van der Waals surface area contributed by atoms with Crippen LogP contribution in [0.15, 0.2) is 23.0 Å². The van der Waals surface area contributed by atoms with E-state index < -0.39 is 34.6 Å². The fourth-order valence-electron chi connectivity index (χ4n) is 7.92. The van der Waals surface area contributed by atoms with Gasteiger partial charge in [-0.1, -0.05) is 13.8 Å². The Hall–Kier alpha value is -1.90. The molecule has 5 fully saturated rings. The van der Waals surface area contributed by atoms with E-state index in [0.29, 0.717) is 25.9 Å². The van der Waals surface area contributed by atoms with E-state index in [1.807, 2.05) is 13.0 Å². The molecule has 0 amide bonds. The highest BCUT2D eigenvalue weighted by molar-refractivity contribution is 5.67. The Morgan fingerprint density at radius 2 is 1.91 bits per heavy atom. The molecule has 2 bridgehead atoms. The van der Waals surface area contributed by atoms with Crippen molar-refractivity contribution in [3.8, 4) is 0 Å². The summed E-state index contributed by atoms with van der Waals surface area (Å²) in [6.07, 6.45) is 3.91. The van der Waals surface area contributed by atoms with Gasteiger partial charge in [0, 0.05) is 37.7 Å². The summed E-state index contributed by atoms with van der Waals surface area (Å²) in [7, 11) is 0. The molecule has 3 aliphatic heterocycles. The van der Waals surface area contributed by atoms with Gasteiger partial charge < -0.3 is 28.1 Å². The first-order valence-electron chi connectivity index (χ1n) is 11.4. The van der Waals surface area contributed by atoms with Gasteiger partial charge in [0.05, 0.1) is 30.1 Å². The highest BCUT2D eigenvalue weighted by Gasteiger charge is 2.91. The van der Waals surface area contributed by atoms with Crippen molar-refractivity contribution in [2.45, 2.75) is 89.2 Å².